The minimum Gasteiger partial charge on any atom is -0.490 e. The van der Waals surface area contributed by atoms with Crippen LogP contribution in [-0.2, 0) is 11.2 Å². The fraction of sp³-hybridized carbons (Fsp3) is 0.263. The third-order valence-electron chi connectivity index (χ3n) is 3.36. The molecule has 2 rings (SSSR count). The second-order valence-electron chi connectivity index (χ2n) is 5.17. The highest BCUT2D eigenvalue weighted by molar-refractivity contribution is 9.10. The van der Waals surface area contributed by atoms with Gasteiger partial charge in [-0.05, 0) is 55.8 Å². The molecule has 130 valence electrons. The first-order valence-corrected chi connectivity index (χ1v) is 8.74. The van der Waals surface area contributed by atoms with Crippen molar-refractivity contribution < 1.29 is 14.3 Å². The van der Waals surface area contributed by atoms with Crippen molar-refractivity contribution in [2.45, 2.75) is 20.3 Å². The molecule has 0 aliphatic carbocycles. The highest BCUT2D eigenvalue weighted by atomic mass is 79.9. The van der Waals surface area contributed by atoms with Crippen molar-refractivity contribution in [2.75, 3.05) is 18.5 Å². The van der Waals surface area contributed by atoms with Crippen LogP contribution in [0.4, 0.5) is 5.69 Å². The van der Waals surface area contributed by atoms with E-state index in [1.165, 1.54) is 0 Å². The normalized spacial score (nSPS) is 10.0. The third-order valence-corrected chi connectivity index (χ3v) is 4.10. The molecule has 0 aromatic heterocycles. The Morgan fingerprint density at radius 1 is 1.12 bits per heavy atom. The van der Waals surface area contributed by atoms with Crippen molar-refractivity contribution in [3.63, 3.8) is 0 Å². The van der Waals surface area contributed by atoms with Gasteiger partial charge in [-0.2, -0.15) is 5.26 Å². The van der Waals surface area contributed by atoms with Crippen LogP contribution < -0.4 is 14.8 Å². The van der Waals surface area contributed by atoms with Crippen molar-refractivity contribution in [1.82, 2.24) is 0 Å². The summed E-state index contributed by atoms with van der Waals surface area (Å²) in [7, 11) is 0. The summed E-state index contributed by atoms with van der Waals surface area (Å²) in [4.78, 5) is 12.3. The Balaban J connectivity index is 2.13. The maximum absolute atomic E-state index is 12.3. The molecular formula is C19H19BrN2O3. The number of ether oxygens (including phenoxy) is 2. The molecule has 0 radical (unpaired) electrons. The van der Waals surface area contributed by atoms with Gasteiger partial charge in [0.25, 0.3) is 0 Å². The highest BCUT2D eigenvalue weighted by Gasteiger charge is 2.13. The number of carbonyl (C=O) groups is 1. The summed E-state index contributed by atoms with van der Waals surface area (Å²) in [6.07, 6.45) is 0.188. The molecule has 6 heteroatoms. The van der Waals surface area contributed by atoms with E-state index in [1.54, 1.807) is 24.3 Å². The third kappa shape index (κ3) is 5.23. The van der Waals surface area contributed by atoms with Gasteiger partial charge in [-0.15, -0.1) is 0 Å². The number of nitriles is 1. The number of halogens is 1. The van der Waals surface area contributed by atoms with Crippen molar-refractivity contribution >= 4 is 27.5 Å². The average molecular weight is 403 g/mol. The minimum absolute atomic E-state index is 0.156. The molecule has 0 unspecified atom stereocenters. The lowest BCUT2D eigenvalue weighted by Crippen LogP contribution is -2.15. The number of rotatable bonds is 7. The van der Waals surface area contributed by atoms with Crippen LogP contribution in [0.25, 0.3) is 0 Å². The van der Waals surface area contributed by atoms with Crippen LogP contribution in [0.5, 0.6) is 11.5 Å². The fourth-order valence-electron chi connectivity index (χ4n) is 2.26. The van der Waals surface area contributed by atoms with Crippen molar-refractivity contribution in [3.05, 3.63) is 52.0 Å². The number of anilines is 1. The van der Waals surface area contributed by atoms with E-state index in [4.69, 9.17) is 14.7 Å². The molecule has 2 aromatic rings. The van der Waals surface area contributed by atoms with Gasteiger partial charge in [-0.1, -0.05) is 15.9 Å². The molecule has 2 aromatic carbocycles. The van der Waals surface area contributed by atoms with E-state index in [0.29, 0.717) is 36.0 Å². The maximum Gasteiger partial charge on any atom is 0.228 e. The zero-order chi connectivity index (χ0) is 18.2. The van der Waals surface area contributed by atoms with Crippen LogP contribution in [0.3, 0.4) is 0 Å². The Labute approximate surface area is 155 Å². The average Bonchev–Trinajstić information content (AvgIpc) is 2.60. The smallest absolute Gasteiger partial charge is 0.228 e. The van der Waals surface area contributed by atoms with Crippen molar-refractivity contribution in [1.29, 1.82) is 5.26 Å². The van der Waals surface area contributed by atoms with Crippen LogP contribution in [0.1, 0.15) is 25.0 Å². The van der Waals surface area contributed by atoms with E-state index < -0.39 is 0 Å². The first-order valence-electron chi connectivity index (χ1n) is 7.95. The lowest BCUT2D eigenvalue weighted by atomic mass is 10.1. The number of carbonyl (C=O) groups excluding carboxylic acids is 1. The Bertz CT molecular complexity index is 782. The van der Waals surface area contributed by atoms with Crippen LogP contribution in [-0.4, -0.2) is 19.1 Å². The second-order valence-corrected chi connectivity index (χ2v) is 6.02. The molecule has 0 spiro atoms. The first-order chi connectivity index (χ1) is 12.1. The molecule has 0 atom stereocenters. The van der Waals surface area contributed by atoms with Crippen LogP contribution in [0.15, 0.2) is 40.9 Å². The molecule has 1 N–H and O–H groups in total. The van der Waals surface area contributed by atoms with E-state index in [-0.39, 0.29) is 12.3 Å². The van der Waals surface area contributed by atoms with E-state index in [0.717, 1.165) is 10.0 Å². The number of amides is 1. The van der Waals surface area contributed by atoms with Crippen molar-refractivity contribution in [3.8, 4) is 17.6 Å². The lowest BCUT2D eigenvalue weighted by molar-refractivity contribution is -0.115. The number of hydrogen-bond donors (Lipinski definition) is 1. The monoisotopic (exact) mass is 402 g/mol. The highest BCUT2D eigenvalue weighted by Crippen LogP contribution is 2.34. The van der Waals surface area contributed by atoms with Gasteiger partial charge >= 0.3 is 0 Å². The Hall–Kier alpha value is -2.52. The number of hydrogen-bond acceptors (Lipinski definition) is 4. The quantitative estimate of drug-likeness (QED) is 0.749. The van der Waals surface area contributed by atoms with Gasteiger partial charge in [-0.25, -0.2) is 0 Å². The van der Waals surface area contributed by atoms with Gasteiger partial charge in [0.15, 0.2) is 11.5 Å². The SMILES string of the molecule is CCOc1cc(Br)c(CC(=O)Nc2ccc(C#N)cc2)cc1OCC. The molecule has 1 amide bonds. The van der Waals surface area contributed by atoms with Crippen molar-refractivity contribution in [2.24, 2.45) is 0 Å². The van der Waals surface area contributed by atoms with Gasteiger partial charge in [0, 0.05) is 10.2 Å². The summed E-state index contributed by atoms with van der Waals surface area (Å²) in [6, 6.07) is 12.4. The Morgan fingerprint density at radius 3 is 2.28 bits per heavy atom. The molecule has 0 aliphatic heterocycles. The van der Waals surface area contributed by atoms with E-state index in [2.05, 4.69) is 21.2 Å². The molecule has 5 nitrogen and oxygen atoms in total. The summed E-state index contributed by atoms with van der Waals surface area (Å²) in [5.74, 6) is 1.11. The predicted octanol–water partition coefficient (Wildman–Crippen LogP) is 4.30. The molecule has 0 aliphatic rings. The summed E-state index contributed by atoms with van der Waals surface area (Å²) in [5, 5.41) is 11.6. The largest absolute Gasteiger partial charge is 0.490 e. The van der Waals surface area contributed by atoms with Crippen LogP contribution >= 0.6 is 15.9 Å². The Morgan fingerprint density at radius 2 is 1.72 bits per heavy atom. The predicted molar refractivity (Wildman–Crippen MR) is 100.0 cm³/mol. The number of nitrogens with one attached hydrogen (secondary N) is 1. The Kier molecular flexibility index (Phi) is 6.84. The lowest BCUT2D eigenvalue weighted by Gasteiger charge is -2.14. The zero-order valence-corrected chi connectivity index (χ0v) is 15.7. The topological polar surface area (TPSA) is 71.3 Å². The first kappa shape index (κ1) is 18.8. The summed E-state index contributed by atoms with van der Waals surface area (Å²) in [5.41, 5.74) is 2.00. The van der Waals surface area contributed by atoms with Gasteiger partial charge in [0.1, 0.15) is 0 Å². The van der Waals surface area contributed by atoms with Gasteiger partial charge in [0.2, 0.25) is 5.91 Å². The van der Waals surface area contributed by atoms with Crippen LogP contribution in [0.2, 0.25) is 0 Å². The number of benzene rings is 2. The molecule has 0 fully saturated rings. The summed E-state index contributed by atoms with van der Waals surface area (Å²) < 4.78 is 12.0. The molecular weight excluding hydrogens is 384 g/mol. The fourth-order valence-corrected chi connectivity index (χ4v) is 2.72. The molecule has 0 heterocycles. The van der Waals surface area contributed by atoms with Gasteiger partial charge in [0.05, 0.1) is 31.3 Å². The van der Waals surface area contributed by atoms with Gasteiger partial charge < -0.3 is 14.8 Å². The summed E-state index contributed by atoms with van der Waals surface area (Å²) in [6.45, 7) is 4.85. The van der Waals surface area contributed by atoms with E-state index in [1.807, 2.05) is 32.0 Å². The standard InChI is InChI=1S/C19H19BrN2O3/c1-3-24-17-9-14(16(20)11-18(17)25-4-2)10-19(23)22-15-7-5-13(12-21)6-8-15/h5-9,11H,3-4,10H2,1-2H3,(H,22,23). The second kappa shape index (κ2) is 9.09. The van der Waals surface area contributed by atoms with E-state index >= 15 is 0 Å². The number of nitrogens with zero attached hydrogens (tertiary/aromatic N) is 1. The minimum atomic E-state index is -0.156. The molecule has 0 bridgehead atoms. The van der Waals surface area contributed by atoms with E-state index in [9.17, 15) is 4.79 Å². The van der Waals surface area contributed by atoms with Gasteiger partial charge in [-0.3, -0.25) is 4.79 Å². The maximum atomic E-state index is 12.3. The van der Waals surface area contributed by atoms with Crippen LogP contribution in [0, 0.1) is 11.3 Å². The summed E-state index contributed by atoms with van der Waals surface area (Å²) >= 11 is 3.48. The molecule has 0 saturated heterocycles. The molecule has 25 heavy (non-hydrogen) atoms. The molecule has 0 saturated carbocycles. The zero-order valence-electron chi connectivity index (χ0n) is 14.1.